The first-order valence-electron chi connectivity index (χ1n) is 5.69. The molecule has 2 nitrogen and oxygen atoms in total. The molecule has 0 bridgehead atoms. The van der Waals surface area contributed by atoms with Crippen LogP contribution in [0.2, 0.25) is 5.02 Å². The summed E-state index contributed by atoms with van der Waals surface area (Å²) in [4.78, 5) is 12.0. The number of carbonyl (C=O) groups is 1. The Morgan fingerprint density at radius 2 is 1.94 bits per heavy atom. The summed E-state index contributed by atoms with van der Waals surface area (Å²) in [6.07, 6.45) is -0.491. The van der Waals surface area contributed by atoms with Gasteiger partial charge in [-0.2, -0.15) is 0 Å². The van der Waals surface area contributed by atoms with Crippen molar-refractivity contribution in [2.75, 3.05) is 0 Å². The second-order valence-electron chi connectivity index (χ2n) is 5.26. The van der Waals surface area contributed by atoms with Crippen molar-refractivity contribution in [2.45, 2.75) is 40.7 Å². The molecular weight excluding hydrogens is 236 g/mol. The third kappa shape index (κ3) is 3.47. The van der Waals surface area contributed by atoms with Crippen LogP contribution in [-0.2, 0) is 4.79 Å². The monoisotopic (exact) mass is 254 g/mol. The van der Waals surface area contributed by atoms with Crippen molar-refractivity contribution in [3.05, 3.63) is 28.8 Å². The van der Waals surface area contributed by atoms with Crippen LogP contribution < -0.4 is 4.74 Å². The van der Waals surface area contributed by atoms with Gasteiger partial charge in [-0.3, -0.25) is 4.79 Å². The molecule has 0 radical (unpaired) electrons. The molecule has 0 saturated heterocycles. The molecule has 0 aliphatic carbocycles. The average Bonchev–Trinajstić information content (AvgIpc) is 2.22. The Balaban J connectivity index is 2.85. The number of halogens is 1. The lowest BCUT2D eigenvalue weighted by atomic mass is 9.88. The summed E-state index contributed by atoms with van der Waals surface area (Å²) in [7, 11) is 0. The minimum Gasteiger partial charge on any atom is -0.481 e. The van der Waals surface area contributed by atoms with Crippen molar-refractivity contribution in [2.24, 2.45) is 5.41 Å². The minimum absolute atomic E-state index is 0.0649. The van der Waals surface area contributed by atoms with Gasteiger partial charge in [-0.1, -0.05) is 44.5 Å². The lowest BCUT2D eigenvalue weighted by molar-refractivity contribution is -0.132. The first-order valence-corrected chi connectivity index (χ1v) is 6.07. The number of rotatable bonds is 3. The Bertz CT molecular complexity index is 419. The molecule has 0 amide bonds. The Morgan fingerprint density at radius 1 is 1.35 bits per heavy atom. The Morgan fingerprint density at radius 3 is 2.47 bits per heavy atom. The fourth-order valence-electron chi connectivity index (χ4n) is 1.57. The van der Waals surface area contributed by atoms with Gasteiger partial charge in [-0.25, -0.2) is 0 Å². The number of aryl methyl sites for hydroxylation is 1. The zero-order chi connectivity index (χ0) is 13.2. The molecule has 0 fully saturated rings. The van der Waals surface area contributed by atoms with Gasteiger partial charge in [-0.15, -0.1) is 0 Å². The van der Waals surface area contributed by atoms with E-state index in [4.69, 9.17) is 16.3 Å². The molecule has 0 aliphatic rings. The van der Waals surface area contributed by atoms with Gasteiger partial charge in [0.05, 0.1) is 5.02 Å². The van der Waals surface area contributed by atoms with Crippen LogP contribution in [0, 0.1) is 12.3 Å². The van der Waals surface area contributed by atoms with Gasteiger partial charge in [0.15, 0.2) is 11.9 Å². The van der Waals surface area contributed by atoms with E-state index in [0.717, 1.165) is 5.56 Å². The summed E-state index contributed by atoms with van der Waals surface area (Å²) >= 11 is 6.12. The highest BCUT2D eigenvalue weighted by Crippen LogP contribution is 2.29. The lowest BCUT2D eigenvalue weighted by Gasteiger charge is -2.23. The second-order valence-corrected chi connectivity index (χ2v) is 5.64. The summed E-state index contributed by atoms with van der Waals surface area (Å²) in [5.41, 5.74) is 0.537. The quantitative estimate of drug-likeness (QED) is 0.814. The number of benzene rings is 1. The number of hydrogen-bond donors (Lipinski definition) is 0. The van der Waals surface area contributed by atoms with Crippen molar-refractivity contribution < 1.29 is 9.53 Å². The third-order valence-corrected chi connectivity index (χ3v) is 3.05. The van der Waals surface area contributed by atoms with Crippen LogP contribution in [0.1, 0.15) is 33.3 Å². The standard InChI is InChI=1S/C14H19ClO2/c1-9-7-6-8-11(12(9)15)17-10(2)13(16)14(3,4)5/h6-8,10H,1-5H3. The predicted octanol–water partition coefficient (Wildman–Crippen LogP) is 4.03. The first-order chi connectivity index (χ1) is 7.73. The first kappa shape index (κ1) is 14.0. The molecule has 0 aliphatic heterocycles. The normalized spacial score (nSPS) is 13.3. The highest BCUT2D eigenvalue weighted by molar-refractivity contribution is 6.32. The van der Waals surface area contributed by atoms with Crippen LogP contribution >= 0.6 is 11.6 Å². The molecule has 0 heterocycles. The van der Waals surface area contributed by atoms with Crippen molar-refractivity contribution in [3.63, 3.8) is 0 Å². The number of hydrogen-bond acceptors (Lipinski definition) is 2. The molecule has 0 N–H and O–H groups in total. The highest BCUT2D eigenvalue weighted by Gasteiger charge is 2.28. The van der Waals surface area contributed by atoms with E-state index < -0.39 is 11.5 Å². The van der Waals surface area contributed by atoms with Crippen molar-refractivity contribution in [3.8, 4) is 5.75 Å². The van der Waals surface area contributed by atoms with Crippen LogP contribution in [0.25, 0.3) is 0 Å². The minimum atomic E-state index is -0.491. The Kier molecular flexibility index (Phi) is 4.21. The maximum absolute atomic E-state index is 12.0. The molecule has 1 aromatic carbocycles. The van der Waals surface area contributed by atoms with Crippen LogP contribution in [0.5, 0.6) is 5.75 Å². The summed E-state index contributed by atoms with van der Waals surface area (Å²) < 4.78 is 5.63. The fourth-order valence-corrected chi connectivity index (χ4v) is 1.74. The molecule has 1 rings (SSSR count). The van der Waals surface area contributed by atoms with Crippen LogP contribution in [-0.4, -0.2) is 11.9 Å². The van der Waals surface area contributed by atoms with Gasteiger partial charge >= 0.3 is 0 Å². The van der Waals surface area contributed by atoms with Gasteiger partial charge in [0.25, 0.3) is 0 Å². The lowest BCUT2D eigenvalue weighted by Crippen LogP contribution is -2.34. The maximum Gasteiger partial charge on any atom is 0.178 e. The molecule has 1 aromatic rings. The molecule has 0 spiro atoms. The molecule has 0 aromatic heterocycles. The van der Waals surface area contributed by atoms with E-state index in [2.05, 4.69) is 0 Å². The van der Waals surface area contributed by atoms with E-state index in [1.807, 2.05) is 39.8 Å². The van der Waals surface area contributed by atoms with Gasteiger partial charge in [0.1, 0.15) is 5.75 Å². The Labute approximate surface area is 108 Å². The van der Waals surface area contributed by atoms with Gasteiger partial charge in [-0.05, 0) is 25.5 Å². The molecule has 1 unspecified atom stereocenters. The highest BCUT2D eigenvalue weighted by atomic mass is 35.5. The average molecular weight is 255 g/mol. The summed E-state index contributed by atoms with van der Waals surface area (Å²) in [6, 6.07) is 5.55. The molecule has 17 heavy (non-hydrogen) atoms. The van der Waals surface area contributed by atoms with Crippen LogP contribution in [0.4, 0.5) is 0 Å². The number of Topliss-reactive ketones (excluding diaryl/α,β-unsaturated/α-hetero) is 1. The number of ether oxygens (including phenoxy) is 1. The third-order valence-electron chi connectivity index (χ3n) is 2.57. The van der Waals surface area contributed by atoms with Crippen molar-refractivity contribution in [1.29, 1.82) is 0 Å². The van der Waals surface area contributed by atoms with Gasteiger partial charge in [0.2, 0.25) is 0 Å². The zero-order valence-corrected chi connectivity index (χ0v) is 11.8. The maximum atomic E-state index is 12.0. The van der Waals surface area contributed by atoms with E-state index in [0.29, 0.717) is 10.8 Å². The van der Waals surface area contributed by atoms with E-state index in [9.17, 15) is 4.79 Å². The van der Waals surface area contributed by atoms with Crippen LogP contribution in [0.3, 0.4) is 0 Å². The second kappa shape index (κ2) is 5.09. The molecule has 94 valence electrons. The van der Waals surface area contributed by atoms with Crippen molar-refractivity contribution in [1.82, 2.24) is 0 Å². The van der Waals surface area contributed by atoms with E-state index >= 15 is 0 Å². The number of carbonyl (C=O) groups excluding carboxylic acids is 1. The van der Waals surface area contributed by atoms with Crippen LogP contribution in [0.15, 0.2) is 18.2 Å². The largest absolute Gasteiger partial charge is 0.481 e. The SMILES string of the molecule is Cc1cccc(OC(C)C(=O)C(C)(C)C)c1Cl. The molecule has 1 atom stereocenters. The molecular formula is C14H19ClO2. The predicted molar refractivity (Wildman–Crippen MR) is 70.7 cm³/mol. The summed E-state index contributed by atoms with van der Waals surface area (Å²) in [5, 5.41) is 0.570. The Hall–Kier alpha value is -1.02. The van der Waals surface area contributed by atoms with Gasteiger partial charge < -0.3 is 4.74 Å². The van der Waals surface area contributed by atoms with E-state index in [1.54, 1.807) is 13.0 Å². The smallest absolute Gasteiger partial charge is 0.178 e. The fraction of sp³-hybridized carbons (Fsp3) is 0.500. The molecule has 0 saturated carbocycles. The van der Waals surface area contributed by atoms with E-state index in [-0.39, 0.29) is 5.78 Å². The summed E-state index contributed by atoms with van der Waals surface area (Å²) in [6.45, 7) is 9.31. The topological polar surface area (TPSA) is 26.3 Å². The van der Waals surface area contributed by atoms with Crippen molar-refractivity contribution >= 4 is 17.4 Å². The van der Waals surface area contributed by atoms with Gasteiger partial charge in [0, 0.05) is 5.41 Å². The van der Waals surface area contributed by atoms with E-state index in [1.165, 1.54) is 0 Å². The summed E-state index contributed by atoms with van der Waals surface area (Å²) in [5.74, 6) is 0.631. The molecule has 3 heteroatoms. The zero-order valence-electron chi connectivity index (χ0n) is 11.0. The number of ketones is 1.